The molecule has 2 aliphatic rings. The van der Waals surface area contributed by atoms with Gasteiger partial charge in [-0.2, -0.15) is 0 Å². The maximum atomic E-state index is 12.4. The number of ketones is 1. The van der Waals surface area contributed by atoms with E-state index in [2.05, 4.69) is 10.6 Å². The molecule has 2 aliphatic heterocycles. The summed E-state index contributed by atoms with van der Waals surface area (Å²) >= 11 is 5.64. The molecule has 0 radical (unpaired) electrons. The van der Waals surface area contributed by atoms with Crippen molar-refractivity contribution >= 4 is 46.3 Å². The van der Waals surface area contributed by atoms with E-state index in [1.165, 1.54) is 0 Å². The predicted molar refractivity (Wildman–Crippen MR) is 96.1 cm³/mol. The number of rotatable bonds is 2. The normalized spacial score (nSPS) is 17.8. The number of Topliss-reactive ketones (excluding diaryl/α,β-unsaturated/α-hetero) is 1. The van der Waals surface area contributed by atoms with Crippen molar-refractivity contribution in [3.63, 3.8) is 0 Å². The first-order chi connectivity index (χ1) is 11.7. The first-order valence-electron chi connectivity index (χ1n) is 7.51. The molecule has 2 N–H and O–H groups in total. The lowest BCUT2D eigenvalue weighted by atomic mass is 9.98. The van der Waals surface area contributed by atoms with E-state index in [1.807, 2.05) is 36.4 Å². The molecule has 118 valence electrons. The molecule has 0 bridgehead atoms. The Morgan fingerprint density at radius 1 is 1.00 bits per heavy atom. The van der Waals surface area contributed by atoms with Gasteiger partial charge in [0.25, 0.3) is 5.91 Å². The number of fused-ring (bicyclic) bond motifs is 2. The van der Waals surface area contributed by atoms with E-state index >= 15 is 0 Å². The molecule has 0 aromatic heterocycles. The van der Waals surface area contributed by atoms with Crippen molar-refractivity contribution in [1.82, 2.24) is 0 Å². The van der Waals surface area contributed by atoms with Gasteiger partial charge in [0, 0.05) is 22.5 Å². The minimum Gasteiger partial charge on any atom is -0.354 e. The molecule has 2 heterocycles. The molecule has 0 unspecified atom stereocenters. The van der Waals surface area contributed by atoms with Gasteiger partial charge in [0.1, 0.15) is 0 Å². The fourth-order valence-corrected chi connectivity index (χ4v) is 3.10. The maximum Gasteiger partial charge on any atom is 0.258 e. The summed E-state index contributed by atoms with van der Waals surface area (Å²) in [4.78, 5) is 24.3. The number of carbonyl (C=O) groups excluding carboxylic acids is 2. The van der Waals surface area contributed by atoms with Gasteiger partial charge in [0.15, 0.2) is 5.78 Å². The van der Waals surface area contributed by atoms with Gasteiger partial charge in [-0.3, -0.25) is 9.59 Å². The van der Waals surface area contributed by atoms with Gasteiger partial charge in [-0.25, -0.2) is 0 Å². The fourth-order valence-electron chi connectivity index (χ4n) is 2.95. The number of hydrogen-bond donors (Lipinski definition) is 2. The van der Waals surface area contributed by atoms with Gasteiger partial charge in [-0.15, -0.1) is 11.6 Å². The SMILES string of the molecule is O=C1Nc2ccc(C(=O)CCl)cc2/C1=C1\C=Cc2ccccc2N1. The molecule has 0 fully saturated rings. The minimum absolute atomic E-state index is 0.0857. The highest BCUT2D eigenvalue weighted by molar-refractivity contribution is 6.34. The van der Waals surface area contributed by atoms with Crippen LogP contribution in [0.3, 0.4) is 0 Å². The molecule has 0 saturated carbocycles. The van der Waals surface area contributed by atoms with Crippen LogP contribution in [0.15, 0.2) is 54.2 Å². The van der Waals surface area contributed by atoms with Crippen LogP contribution in [0.2, 0.25) is 0 Å². The van der Waals surface area contributed by atoms with Crippen molar-refractivity contribution in [3.05, 3.63) is 70.9 Å². The van der Waals surface area contributed by atoms with E-state index in [9.17, 15) is 9.59 Å². The zero-order valence-electron chi connectivity index (χ0n) is 12.6. The lowest BCUT2D eigenvalue weighted by Gasteiger charge is -2.17. The monoisotopic (exact) mass is 336 g/mol. The molecule has 2 aromatic rings. The molecule has 4 nitrogen and oxygen atoms in total. The zero-order valence-corrected chi connectivity index (χ0v) is 13.4. The molecule has 0 atom stereocenters. The third-order valence-electron chi connectivity index (χ3n) is 4.14. The second kappa shape index (κ2) is 5.65. The van der Waals surface area contributed by atoms with E-state index in [0.29, 0.717) is 28.1 Å². The van der Waals surface area contributed by atoms with Crippen molar-refractivity contribution in [2.24, 2.45) is 0 Å². The summed E-state index contributed by atoms with van der Waals surface area (Å²) in [6.07, 6.45) is 3.84. The molecular weight excluding hydrogens is 324 g/mol. The predicted octanol–water partition coefficient (Wildman–Crippen LogP) is 3.91. The lowest BCUT2D eigenvalue weighted by molar-refractivity contribution is -0.110. The van der Waals surface area contributed by atoms with Gasteiger partial charge in [-0.05, 0) is 35.9 Å². The minimum atomic E-state index is -0.188. The van der Waals surface area contributed by atoms with Gasteiger partial charge >= 0.3 is 0 Å². The Kier molecular flexibility index (Phi) is 3.47. The first kappa shape index (κ1) is 14.7. The quantitative estimate of drug-likeness (QED) is 0.496. The molecule has 0 aliphatic carbocycles. The fraction of sp³-hybridized carbons (Fsp3) is 0.0526. The van der Waals surface area contributed by atoms with Crippen molar-refractivity contribution < 1.29 is 9.59 Å². The van der Waals surface area contributed by atoms with Crippen molar-refractivity contribution in [2.45, 2.75) is 0 Å². The number of para-hydroxylation sites is 1. The molecule has 0 saturated heterocycles. The third kappa shape index (κ3) is 2.32. The average Bonchev–Trinajstić information content (AvgIpc) is 2.95. The molecule has 1 amide bonds. The van der Waals surface area contributed by atoms with Crippen LogP contribution in [-0.2, 0) is 4.79 Å². The Balaban J connectivity index is 1.84. The summed E-state index contributed by atoms with van der Waals surface area (Å²) in [5.41, 5.74) is 5.15. The van der Waals surface area contributed by atoms with Gasteiger partial charge in [0.2, 0.25) is 0 Å². The Hall–Kier alpha value is -2.85. The van der Waals surface area contributed by atoms with Crippen LogP contribution in [0, 0.1) is 0 Å². The smallest absolute Gasteiger partial charge is 0.258 e. The molecule has 24 heavy (non-hydrogen) atoms. The summed E-state index contributed by atoms with van der Waals surface area (Å²) < 4.78 is 0. The van der Waals surface area contributed by atoms with Gasteiger partial charge < -0.3 is 10.6 Å². The Bertz CT molecular complexity index is 944. The largest absolute Gasteiger partial charge is 0.354 e. The summed E-state index contributed by atoms with van der Waals surface area (Å²) in [5, 5.41) is 6.13. The number of anilines is 2. The number of amides is 1. The van der Waals surface area contributed by atoms with Crippen LogP contribution < -0.4 is 10.6 Å². The number of allylic oxidation sites excluding steroid dienone is 1. The van der Waals surface area contributed by atoms with Crippen LogP contribution in [0.4, 0.5) is 11.4 Å². The molecule has 4 rings (SSSR count). The third-order valence-corrected chi connectivity index (χ3v) is 4.38. The number of carbonyl (C=O) groups is 2. The molecule has 2 aromatic carbocycles. The van der Waals surface area contributed by atoms with Gasteiger partial charge in [0.05, 0.1) is 17.2 Å². The topological polar surface area (TPSA) is 58.2 Å². The van der Waals surface area contributed by atoms with E-state index in [4.69, 9.17) is 11.6 Å². The van der Waals surface area contributed by atoms with Crippen molar-refractivity contribution in [3.8, 4) is 0 Å². The maximum absolute atomic E-state index is 12.4. The molecule has 0 spiro atoms. The van der Waals surface area contributed by atoms with E-state index in [0.717, 1.165) is 11.3 Å². The Labute approximate surface area is 143 Å². The second-order valence-electron chi connectivity index (χ2n) is 5.61. The highest BCUT2D eigenvalue weighted by atomic mass is 35.5. The van der Waals surface area contributed by atoms with Crippen LogP contribution in [0.1, 0.15) is 21.5 Å². The van der Waals surface area contributed by atoms with Crippen LogP contribution >= 0.6 is 11.6 Å². The summed E-state index contributed by atoms with van der Waals surface area (Å²) in [5.74, 6) is -0.440. The van der Waals surface area contributed by atoms with E-state index < -0.39 is 0 Å². The van der Waals surface area contributed by atoms with Crippen molar-refractivity contribution in [2.75, 3.05) is 16.5 Å². The number of hydrogen-bond acceptors (Lipinski definition) is 3. The summed E-state index contributed by atoms with van der Waals surface area (Å²) in [6.45, 7) is 0. The zero-order chi connectivity index (χ0) is 16.7. The van der Waals surface area contributed by atoms with E-state index in [1.54, 1.807) is 18.2 Å². The number of alkyl halides is 1. The second-order valence-corrected chi connectivity index (χ2v) is 5.87. The van der Waals surface area contributed by atoms with Crippen LogP contribution in [0.25, 0.3) is 11.6 Å². The highest BCUT2D eigenvalue weighted by Gasteiger charge is 2.28. The Morgan fingerprint density at radius 3 is 2.67 bits per heavy atom. The van der Waals surface area contributed by atoms with Crippen LogP contribution in [0.5, 0.6) is 0 Å². The van der Waals surface area contributed by atoms with Crippen molar-refractivity contribution in [1.29, 1.82) is 0 Å². The standard InChI is InChI=1S/C19H13ClN2O2/c20-10-17(23)12-6-7-15-13(9-12)18(19(24)22-15)16-8-5-11-3-1-2-4-14(11)21-16/h1-9,21H,10H2,(H,22,24)/b18-16-. The van der Waals surface area contributed by atoms with E-state index in [-0.39, 0.29) is 17.6 Å². The lowest BCUT2D eigenvalue weighted by Crippen LogP contribution is -2.11. The number of halogens is 1. The summed E-state index contributed by atoms with van der Waals surface area (Å²) in [6, 6.07) is 13.0. The average molecular weight is 337 g/mol. The summed E-state index contributed by atoms with van der Waals surface area (Å²) in [7, 11) is 0. The van der Waals surface area contributed by atoms with Crippen LogP contribution in [-0.4, -0.2) is 17.6 Å². The Morgan fingerprint density at radius 2 is 1.83 bits per heavy atom. The first-order valence-corrected chi connectivity index (χ1v) is 8.04. The highest BCUT2D eigenvalue weighted by Crippen LogP contribution is 2.37. The number of benzene rings is 2. The number of nitrogens with one attached hydrogen (secondary N) is 2. The molecular formula is C19H13ClN2O2. The molecule has 5 heteroatoms. The van der Waals surface area contributed by atoms with Gasteiger partial charge in [-0.1, -0.05) is 24.3 Å².